The number of aliphatic carboxylic acids is 1. The molecule has 0 heterocycles. The van der Waals surface area contributed by atoms with Crippen molar-refractivity contribution in [2.75, 3.05) is 0 Å². The van der Waals surface area contributed by atoms with Crippen LogP contribution >= 0.6 is 0 Å². The third kappa shape index (κ3) is 12.3. The third-order valence-corrected chi connectivity index (χ3v) is 4.59. The van der Waals surface area contributed by atoms with Crippen LogP contribution in [0.1, 0.15) is 104 Å². The average Bonchev–Trinajstić information content (AvgIpc) is 2.54. The number of allylic oxidation sites excluding steroid dienone is 2. The molecule has 2 N–H and O–H groups in total. The van der Waals surface area contributed by atoms with E-state index in [1.807, 2.05) is 0 Å². The maximum Gasteiger partial charge on any atom is 0.335 e. The number of hydrogen-bond acceptors (Lipinski definition) is 2. The Balaban J connectivity index is 3.39. The normalized spacial score (nSPS) is 14.2. The van der Waals surface area contributed by atoms with Gasteiger partial charge in [0.25, 0.3) is 0 Å². The smallest absolute Gasteiger partial charge is 0.335 e. The molecule has 0 aliphatic heterocycles. The number of unbranched alkanes of at least 4 members (excludes halogenated alkanes) is 10. The molecule has 0 aromatic rings. The van der Waals surface area contributed by atoms with E-state index in [1.54, 1.807) is 6.92 Å². The van der Waals surface area contributed by atoms with E-state index in [1.165, 1.54) is 44.9 Å². The molecule has 0 bridgehead atoms. The number of hydrogen-bond donors (Lipinski definition) is 2. The molecule has 3 nitrogen and oxygen atoms in total. The Labute approximate surface area is 143 Å². The SMILES string of the molecule is CCCCCCCC/C=C\CCCCCCC(O)(CC)C(=O)O. The minimum absolute atomic E-state index is 0.281. The maximum atomic E-state index is 11.0. The van der Waals surface area contributed by atoms with Crippen molar-refractivity contribution < 1.29 is 15.0 Å². The molecule has 0 radical (unpaired) electrons. The van der Waals surface area contributed by atoms with Crippen molar-refractivity contribution >= 4 is 5.97 Å². The first-order valence-corrected chi connectivity index (χ1v) is 9.67. The number of carbonyl (C=O) groups is 1. The fourth-order valence-corrected chi connectivity index (χ4v) is 2.75. The van der Waals surface area contributed by atoms with E-state index in [0.717, 1.165) is 32.1 Å². The Hall–Kier alpha value is -0.830. The van der Waals surface area contributed by atoms with Crippen LogP contribution in [0.4, 0.5) is 0 Å². The highest BCUT2D eigenvalue weighted by Crippen LogP contribution is 2.20. The van der Waals surface area contributed by atoms with Gasteiger partial charge in [0.15, 0.2) is 5.60 Å². The van der Waals surface area contributed by atoms with Gasteiger partial charge in [-0.2, -0.15) is 0 Å². The van der Waals surface area contributed by atoms with Gasteiger partial charge in [0.2, 0.25) is 0 Å². The Bertz CT molecular complexity index is 312. The molecular formula is C20H38O3. The Kier molecular flexibility index (Phi) is 14.2. The maximum absolute atomic E-state index is 11.0. The largest absolute Gasteiger partial charge is 0.479 e. The lowest BCUT2D eigenvalue weighted by molar-refractivity contribution is -0.159. The van der Waals surface area contributed by atoms with Crippen LogP contribution in [0.2, 0.25) is 0 Å². The molecule has 1 atom stereocenters. The van der Waals surface area contributed by atoms with Crippen LogP contribution in [0, 0.1) is 0 Å². The van der Waals surface area contributed by atoms with E-state index in [-0.39, 0.29) is 6.42 Å². The topological polar surface area (TPSA) is 57.5 Å². The van der Waals surface area contributed by atoms with Gasteiger partial charge in [-0.3, -0.25) is 0 Å². The van der Waals surface area contributed by atoms with Crippen LogP contribution in [0.5, 0.6) is 0 Å². The van der Waals surface area contributed by atoms with Gasteiger partial charge < -0.3 is 10.2 Å². The van der Waals surface area contributed by atoms with Gasteiger partial charge in [-0.25, -0.2) is 4.79 Å². The van der Waals surface area contributed by atoms with Gasteiger partial charge in [0.05, 0.1) is 0 Å². The summed E-state index contributed by atoms with van der Waals surface area (Å²) in [6.45, 7) is 3.97. The summed E-state index contributed by atoms with van der Waals surface area (Å²) in [5.74, 6) is -1.09. The van der Waals surface area contributed by atoms with Crippen molar-refractivity contribution in [2.45, 2.75) is 109 Å². The predicted molar refractivity (Wildman–Crippen MR) is 97.7 cm³/mol. The molecule has 23 heavy (non-hydrogen) atoms. The molecule has 0 saturated carbocycles. The van der Waals surface area contributed by atoms with E-state index in [0.29, 0.717) is 6.42 Å². The van der Waals surface area contributed by atoms with Crippen LogP contribution in [0.25, 0.3) is 0 Å². The number of rotatable bonds is 16. The van der Waals surface area contributed by atoms with E-state index in [2.05, 4.69) is 19.1 Å². The fourth-order valence-electron chi connectivity index (χ4n) is 2.75. The summed E-state index contributed by atoms with van der Waals surface area (Å²) in [6, 6.07) is 0. The zero-order valence-electron chi connectivity index (χ0n) is 15.4. The summed E-state index contributed by atoms with van der Waals surface area (Å²) >= 11 is 0. The molecule has 3 heteroatoms. The minimum atomic E-state index is -1.52. The molecule has 0 fully saturated rings. The van der Waals surface area contributed by atoms with Gasteiger partial charge in [0, 0.05) is 0 Å². The standard InChI is InChI=1S/C20H38O3/c1-3-5-6-7-8-9-10-11-12-13-14-15-16-17-18-20(23,4-2)19(21)22/h11-12,23H,3-10,13-18H2,1-2H3,(H,21,22)/b12-11-. The van der Waals surface area contributed by atoms with E-state index in [9.17, 15) is 9.90 Å². The zero-order chi connectivity index (χ0) is 17.4. The second kappa shape index (κ2) is 14.7. The first-order chi connectivity index (χ1) is 11.1. The van der Waals surface area contributed by atoms with Crippen LogP contribution < -0.4 is 0 Å². The predicted octanol–water partition coefficient (Wildman–Crippen LogP) is 5.86. The first-order valence-electron chi connectivity index (χ1n) is 9.67. The van der Waals surface area contributed by atoms with Crippen molar-refractivity contribution in [3.8, 4) is 0 Å². The molecule has 136 valence electrons. The quantitative estimate of drug-likeness (QED) is 0.276. The average molecular weight is 327 g/mol. The van der Waals surface area contributed by atoms with Crippen LogP contribution in [0.3, 0.4) is 0 Å². The van der Waals surface area contributed by atoms with Gasteiger partial charge in [-0.05, 0) is 44.9 Å². The Morgan fingerprint density at radius 2 is 1.30 bits per heavy atom. The summed E-state index contributed by atoms with van der Waals surface area (Å²) in [5.41, 5.74) is -1.52. The van der Waals surface area contributed by atoms with Crippen molar-refractivity contribution in [1.82, 2.24) is 0 Å². The Morgan fingerprint density at radius 1 is 0.826 bits per heavy atom. The van der Waals surface area contributed by atoms with Gasteiger partial charge in [-0.1, -0.05) is 70.9 Å². The molecule has 1 unspecified atom stereocenters. The molecule has 0 rings (SSSR count). The highest BCUT2D eigenvalue weighted by Gasteiger charge is 2.32. The monoisotopic (exact) mass is 326 g/mol. The summed E-state index contributed by atoms with van der Waals surface area (Å²) < 4.78 is 0. The van der Waals surface area contributed by atoms with Gasteiger partial charge in [0.1, 0.15) is 0 Å². The van der Waals surface area contributed by atoms with E-state index >= 15 is 0 Å². The highest BCUT2D eigenvalue weighted by molar-refractivity contribution is 5.76. The highest BCUT2D eigenvalue weighted by atomic mass is 16.4. The zero-order valence-corrected chi connectivity index (χ0v) is 15.4. The van der Waals surface area contributed by atoms with Crippen molar-refractivity contribution in [3.05, 3.63) is 12.2 Å². The first kappa shape index (κ1) is 22.2. The number of carboxylic acid groups (broad SMARTS) is 1. The summed E-state index contributed by atoms with van der Waals surface area (Å²) in [7, 11) is 0. The minimum Gasteiger partial charge on any atom is -0.479 e. The Morgan fingerprint density at radius 3 is 1.78 bits per heavy atom. The lowest BCUT2D eigenvalue weighted by Crippen LogP contribution is -2.37. The van der Waals surface area contributed by atoms with Crippen molar-refractivity contribution in [1.29, 1.82) is 0 Å². The number of carboxylic acids is 1. The van der Waals surface area contributed by atoms with Gasteiger partial charge in [-0.15, -0.1) is 0 Å². The molecule has 0 saturated heterocycles. The molecular weight excluding hydrogens is 288 g/mol. The second-order valence-electron chi connectivity index (χ2n) is 6.67. The van der Waals surface area contributed by atoms with Crippen LogP contribution in [0.15, 0.2) is 12.2 Å². The lowest BCUT2D eigenvalue weighted by Gasteiger charge is -2.21. The molecule has 0 aromatic carbocycles. The van der Waals surface area contributed by atoms with Crippen LogP contribution in [-0.4, -0.2) is 21.8 Å². The summed E-state index contributed by atoms with van der Waals surface area (Å²) in [6.07, 6.45) is 19.7. The summed E-state index contributed by atoms with van der Waals surface area (Å²) in [4.78, 5) is 11.0. The molecule has 0 aliphatic carbocycles. The third-order valence-electron chi connectivity index (χ3n) is 4.59. The van der Waals surface area contributed by atoms with Gasteiger partial charge >= 0.3 is 5.97 Å². The number of aliphatic hydroxyl groups is 1. The lowest BCUT2D eigenvalue weighted by atomic mass is 9.93. The molecule has 0 spiro atoms. The van der Waals surface area contributed by atoms with E-state index in [4.69, 9.17) is 5.11 Å². The fraction of sp³-hybridized carbons (Fsp3) is 0.850. The van der Waals surface area contributed by atoms with Crippen LogP contribution in [-0.2, 0) is 4.79 Å². The van der Waals surface area contributed by atoms with E-state index < -0.39 is 11.6 Å². The summed E-state index contributed by atoms with van der Waals surface area (Å²) in [5, 5.41) is 18.9. The van der Waals surface area contributed by atoms with Crippen molar-refractivity contribution in [3.63, 3.8) is 0 Å². The molecule has 0 aliphatic rings. The molecule has 0 amide bonds. The molecule has 0 aromatic heterocycles. The second-order valence-corrected chi connectivity index (χ2v) is 6.67. The van der Waals surface area contributed by atoms with Crippen molar-refractivity contribution in [2.24, 2.45) is 0 Å².